The number of carboxylic acids is 2. The van der Waals surface area contributed by atoms with Crippen LogP contribution in [0.2, 0.25) is 0 Å². The summed E-state index contributed by atoms with van der Waals surface area (Å²) in [6.45, 7) is 0. The molecule has 9 rings (SSSR count). The lowest BCUT2D eigenvalue weighted by molar-refractivity contribution is -0.164. The van der Waals surface area contributed by atoms with E-state index in [-0.39, 0.29) is 10.8 Å². The SMILES string of the molecule is O=C(O)C12CC3CC(CC(C3)C1)C2.O=C(O)C12CC3CC4(C1)CC4(C3)C2. The Labute approximate surface area is 154 Å². The largest absolute Gasteiger partial charge is 0.481 e. The molecule has 0 heterocycles. The van der Waals surface area contributed by atoms with Crippen molar-refractivity contribution in [3.8, 4) is 0 Å². The highest BCUT2D eigenvalue weighted by Gasteiger charge is 2.83. The lowest BCUT2D eigenvalue weighted by Gasteiger charge is -2.54. The van der Waals surface area contributed by atoms with E-state index in [1.54, 1.807) is 0 Å². The molecule has 0 saturated heterocycles. The van der Waals surface area contributed by atoms with Crippen LogP contribution in [-0.2, 0) is 9.59 Å². The van der Waals surface area contributed by atoms with Crippen LogP contribution < -0.4 is 0 Å². The molecule has 0 radical (unpaired) electrons. The van der Waals surface area contributed by atoms with Gasteiger partial charge >= 0.3 is 11.9 Å². The van der Waals surface area contributed by atoms with Gasteiger partial charge in [-0.1, -0.05) is 0 Å². The van der Waals surface area contributed by atoms with E-state index < -0.39 is 11.9 Å². The summed E-state index contributed by atoms with van der Waals surface area (Å²) >= 11 is 0. The molecule has 2 spiro atoms. The van der Waals surface area contributed by atoms with Crippen LogP contribution in [0.3, 0.4) is 0 Å². The van der Waals surface area contributed by atoms with Gasteiger partial charge in [-0.05, 0) is 112 Å². The molecule has 4 heteroatoms. The van der Waals surface area contributed by atoms with Crippen LogP contribution in [0.15, 0.2) is 0 Å². The van der Waals surface area contributed by atoms with Crippen LogP contribution in [0.25, 0.3) is 0 Å². The Balaban J connectivity index is 0.000000106. The summed E-state index contributed by atoms with van der Waals surface area (Å²) in [7, 11) is 0. The van der Waals surface area contributed by atoms with Crippen molar-refractivity contribution in [2.45, 2.75) is 77.0 Å². The minimum atomic E-state index is -0.508. The number of aliphatic carboxylic acids is 2. The number of rotatable bonds is 2. The first-order valence-electron chi connectivity index (χ1n) is 10.7. The van der Waals surface area contributed by atoms with Gasteiger partial charge in [-0.2, -0.15) is 0 Å². The molecule has 0 aliphatic heterocycles. The molecule has 26 heavy (non-hydrogen) atoms. The van der Waals surface area contributed by atoms with Crippen molar-refractivity contribution in [1.82, 2.24) is 0 Å². The van der Waals surface area contributed by atoms with Crippen LogP contribution in [0, 0.1) is 45.3 Å². The van der Waals surface area contributed by atoms with Crippen LogP contribution in [0.1, 0.15) is 77.0 Å². The number of hydrogen-bond acceptors (Lipinski definition) is 2. The van der Waals surface area contributed by atoms with Crippen LogP contribution in [-0.4, -0.2) is 22.2 Å². The van der Waals surface area contributed by atoms with E-state index in [1.165, 1.54) is 38.5 Å². The summed E-state index contributed by atoms with van der Waals surface area (Å²) < 4.78 is 0. The molecule has 2 atom stereocenters. The molecule has 142 valence electrons. The molecule has 4 nitrogen and oxygen atoms in total. The number of carbonyl (C=O) groups is 2. The van der Waals surface area contributed by atoms with E-state index in [0.717, 1.165) is 62.2 Å². The second kappa shape index (κ2) is 4.50. The van der Waals surface area contributed by atoms with Crippen molar-refractivity contribution in [2.75, 3.05) is 0 Å². The van der Waals surface area contributed by atoms with Crippen LogP contribution in [0.5, 0.6) is 0 Å². The summed E-state index contributed by atoms with van der Waals surface area (Å²) in [4.78, 5) is 22.5. The summed E-state index contributed by atoms with van der Waals surface area (Å²) in [6, 6.07) is 0. The van der Waals surface area contributed by atoms with E-state index in [4.69, 9.17) is 0 Å². The smallest absolute Gasteiger partial charge is 0.309 e. The third kappa shape index (κ3) is 1.82. The molecular formula is C22H30O4. The van der Waals surface area contributed by atoms with Crippen molar-refractivity contribution >= 4 is 11.9 Å². The Bertz CT molecular complexity index is 637. The number of hydrogen-bond donors (Lipinski definition) is 2. The van der Waals surface area contributed by atoms with Gasteiger partial charge in [0.25, 0.3) is 0 Å². The van der Waals surface area contributed by atoms with Gasteiger partial charge in [-0.15, -0.1) is 0 Å². The lowest BCUT2D eigenvalue weighted by atomic mass is 9.49. The highest BCUT2D eigenvalue weighted by molar-refractivity contribution is 5.77. The normalized spacial score (nSPS) is 58.9. The first-order valence-corrected chi connectivity index (χ1v) is 10.7. The van der Waals surface area contributed by atoms with Crippen LogP contribution in [0.4, 0.5) is 0 Å². The van der Waals surface area contributed by atoms with Gasteiger partial charge in [-0.25, -0.2) is 0 Å². The predicted octanol–water partition coefficient (Wildman–Crippen LogP) is 4.33. The zero-order chi connectivity index (χ0) is 17.9. The lowest BCUT2D eigenvalue weighted by Crippen LogP contribution is -2.49. The monoisotopic (exact) mass is 358 g/mol. The molecule has 0 aromatic rings. The minimum Gasteiger partial charge on any atom is -0.481 e. The highest BCUT2D eigenvalue weighted by atomic mass is 16.4. The van der Waals surface area contributed by atoms with Crippen molar-refractivity contribution in [3.05, 3.63) is 0 Å². The zero-order valence-electron chi connectivity index (χ0n) is 15.5. The molecule has 0 aromatic carbocycles. The fraction of sp³-hybridized carbons (Fsp3) is 0.909. The quantitative estimate of drug-likeness (QED) is 0.770. The van der Waals surface area contributed by atoms with E-state index in [1.807, 2.05) is 0 Å². The van der Waals surface area contributed by atoms with Crippen molar-refractivity contribution in [3.63, 3.8) is 0 Å². The van der Waals surface area contributed by atoms with Gasteiger partial charge < -0.3 is 10.2 Å². The highest BCUT2D eigenvalue weighted by Crippen LogP contribution is 2.90. The average Bonchev–Trinajstić information content (AvgIpc) is 2.92. The maximum absolute atomic E-state index is 11.3. The molecule has 2 unspecified atom stereocenters. The van der Waals surface area contributed by atoms with Gasteiger partial charge in [0.05, 0.1) is 10.8 Å². The van der Waals surface area contributed by atoms with Crippen LogP contribution >= 0.6 is 0 Å². The summed E-state index contributed by atoms with van der Waals surface area (Å²) in [5.74, 6) is 2.02. The Morgan fingerprint density at radius 2 is 1.00 bits per heavy atom. The van der Waals surface area contributed by atoms with E-state index in [0.29, 0.717) is 10.8 Å². The first-order chi connectivity index (χ1) is 12.3. The molecular weight excluding hydrogens is 328 g/mol. The average molecular weight is 358 g/mol. The Morgan fingerprint density at radius 1 is 0.577 bits per heavy atom. The van der Waals surface area contributed by atoms with Crippen molar-refractivity contribution in [2.24, 2.45) is 45.3 Å². The van der Waals surface area contributed by atoms with E-state index in [9.17, 15) is 19.8 Å². The fourth-order valence-corrected chi connectivity index (χ4v) is 9.81. The zero-order valence-corrected chi connectivity index (χ0v) is 15.5. The molecule has 9 fully saturated rings. The second-order valence-electron chi connectivity index (χ2n) is 11.7. The van der Waals surface area contributed by atoms with Gasteiger partial charge in [0.15, 0.2) is 0 Å². The summed E-state index contributed by atoms with van der Waals surface area (Å²) in [6.07, 6.45) is 14.0. The van der Waals surface area contributed by atoms with Gasteiger partial charge in [-0.3, -0.25) is 9.59 Å². The molecule has 0 amide bonds. The Morgan fingerprint density at radius 3 is 1.38 bits per heavy atom. The van der Waals surface area contributed by atoms with Crippen molar-refractivity contribution in [1.29, 1.82) is 0 Å². The second-order valence-corrected chi connectivity index (χ2v) is 11.7. The van der Waals surface area contributed by atoms with Gasteiger partial charge in [0.2, 0.25) is 0 Å². The molecule has 9 aliphatic rings. The molecule has 2 N–H and O–H groups in total. The predicted molar refractivity (Wildman–Crippen MR) is 94.4 cm³/mol. The summed E-state index contributed by atoms with van der Waals surface area (Å²) in [5.41, 5.74) is 0.525. The molecule has 9 saturated carbocycles. The maximum Gasteiger partial charge on any atom is 0.309 e. The summed E-state index contributed by atoms with van der Waals surface area (Å²) in [5, 5.41) is 18.6. The fourth-order valence-electron chi connectivity index (χ4n) is 9.81. The third-order valence-corrected chi connectivity index (χ3v) is 10.0. The van der Waals surface area contributed by atoms with E-state index >= 15 is 0 Å². The Kier molecular flexibility index (Phi) is 2.76. The van der Waals surface area contributed by atoms with E-state index in [2.05, 4.69) is 0 Å². The number of carboxylic acid groups (broad SMARTS) is 2. The molecule has 8 bridgehead atoms. The minimum absolute atomic E-state index is 0.264. The Hall–Kier alpha value is -1.06. The van der Waals surface area contributed by atoms with Crippen molar-refractivity contribution < 1.29 is 19.8 Å². The standard InChI is InChI=1S/C11H14O2.C11H16O2/c12-8(13)9-1-7-2-10(4-9)6-11(10,3-7)5-9;12-10(13)11-4-7-1-8(5-11)3-9(2-7)6-11/h7H,1-6H2,(H,12,13);7-9H,1-6H2,(H,12,13). The van der Waals surface area contributed by atoms with Gasteiger partial charge in [0, 0.05) is 0 Å². The van der Waals surface area contributed by atoms with Gasteiger partial charge in [0.1, 0.15) is 0 Å². The topological polar surface area (TPSA) is 74.6 Å². The molecule has 0 aromatic heterocycles. The molecule has 9 aliphatic carbocycles. The third-order valence-electron chi connectivity index (χ3n) is 10.0. The maximum atomic E-state index is 11.3. The first kappa shape index (κ1) is 15.9.